The lowest BCUT2D eigenvalue weighted by Gasteiger charge is -2.26. The van der Waals surface area contributed by atoms with Crippen LogP contribution in [0.25, 0.3) is 22.3 Å². The predicted octanol–water partition coefficient (Wildman–Crippen LogP) is 5.27. The Kier molecular flexibility index (Phi) is 5.62. The Labute approximate surface area is 195 Å². The minimum Gasteiger partial charge on any atom is -0.351 e. The molecule has 0 aliphatic carbocycles. The van der Waals surface area contributed by atoms with Gasteiger partial charge in [-0.2, -0.15) is 0 Å². The Morgan fingerprint density at radius 3 is 2.67 bits per heavy atom. The van der Waals surface area contributed by atoms with Crippen molar-refractivity contribution in [2.75, 3.05) is 4.90 Å². The fourth-order valence-electron chi connectivity index (χ4n) is 3.85. The Balaban J connectivity index is 1.50. The van der Waals surface area contributed by atoms with Gasteiger partial charge in [0.05, 0.1) is 24.1 Å². The summed E-state index contributed by atoms with van der Waals surface area (Å²) in [6, 6.07) is 22.4. The second-order valence-corrected chi connectivity index (χ2v) is 8.19. The highest BCUT2D eigenvalue weighted by molar-refractivity contribution is 6.30. The maximum atomic E-state index is 13.8. The number of hydrogen-bond acceptors (Lipinski definition) is 4. The van der Waals surface area contributed by atoms with Crippen LogP contribution in [0.3, 0.4) is 0 Å². The van der Waals surface area contributed by atoms with Gasteiger partial charge in [-0.05, 0) is 48.9 Å². The number of aromatic amines is 1. The third-order valence-electron chi connectivity index (χ3n) is 5.57. The highest BCUT2D eigenvalue weighted by atomic mass is 35.5. The average Bonchev–Trinajstić information content (AvgIpc) is 3.52. The van der Waals surface area contributed by atoms with Crippen LogP contribution < -0.4 is 4.90 Å². The Morgan fingerprint density at radius 2 is 1.91 bits per heavy atom. The minimum atomic E-state index is -0.553. The Hall–Kier alpha value is -3.97. The van der Waals surface area contributed by atoms with Crippen molar-refractivity contribution in [1.29, 1.82) is 0 Å². The first-order chi connectivity index (χ1) is 16.1. The van der Waals surface area contributed by atoms with Crippen molar-refractivity contribution in [3.8, 4) is 11.3 Å². The van der Waals surface area contributed by atoms with Gasteiger partial charge in [0.1, 0.15) is 11.6 Å². The van der Waals surface area contributed by atoms with Crippen molar-refractivity contribution in [3.63, 3.8) is 0 Å². The number of carbonyl (C=O) groups excluding carboxylic acids is 1. The van der Waals surface area contributed by atoms with Gasteiger partial charge < -0.3 is 9.88 Å². The summed E-state index contributed by atoms with van der Waals surface area (Å²) < 4.78 is 1.67. The third-order valence-corrected chi connectivity index (χ3v) is 5.81. The summed E-state index contributed by atoms with van der Waals surface area (Å²) in [5.74, 6) is -0.0989. The molecule has 1 atom stereocenters. The quantitative estimate of drug-likeness (QED) is 0.377. The van der Waals surface area contributed by atoms with E-state index < -0.39 is 6.04 Å². The van der Waals surface area contributed by atoms with Crippen LogP contribution in [0, 0.1) is 0 Å². The summed E-state index contributed by atoms with van der Waals surface area (Å²) in [5.41, 5.74) is 5.08. The van der Waals surface area contributed by atoms with Gasteiger partial charge in [0.25, 0.3) is 5.91 Å². The SMILES string of the molecule is CC(C(=O)N(Cc1cccc(Cl)c1)c1ccc(-c2c[nH]cn2)cc1)n1nnc2ccccc21. The topological polar surface area (TPSA) is 79.7 Å². The third kappa shape index (κ3) is 4.23. The van der Waals surface area contributed by atoms with E-state index in [1.165, 1.54) is 0 Å². The number of rotatable bonds is 6. The van der Waals surface area contributed by atoms with Crippen LogP contribution in [0.5, 0.6) is 0 Å². The summed E-state index contributed by atoms with van der Waals surface area (Å²) in [7, 11) is 0. The molecule has 1 amide bonds. The van der Waals surface area contributed by atoms with E-state index in [2.05, 4.69) is 20.3 Å². The molecule has 7 nitrogen and oxygen atoms in total. The highest BCUT2D eigenvalue weighted by Crippen LogP contribution is 2.27. The van der Waals surface area contributed by atoms with Crippen molar-refractivity contribution in [2.45, 2.75) is 19.5 Å². The summed E-state index contributed by atoms with van der Waals surface area (Å²) >= 11 is 6.21. The first kappa shape index (κ1) is 20.9. The number of hydrogen-bond donors (Lipinski definition) is 1. The number of para-hydroxylation sites is 1. The molecule has 2 heterocycles. The van der Waals surface area contributed by atoms with E-state index in [1.54, 1.807) is 15.9 Å². The smallest absolute Gasteiger partial charge is 0.251 e. The molecule has 33 heavy (non-hydrogen) atoms. The summed E-state index contributed by atoms with van der Waals surface area (Å²) in [5, 5.41) is 9.08. The molecule has 0 saturated carbocycles. The van der Waals surface area contributed by atoms with Crippen LogP contribution in [0.15, 0.2) is 85.3 Å². The number of aromatic nitrogens is 5. The number of H-pyrrole nitrogens is 1. The maximum Gasteiger partial charge on any atom is 0.251 e. The maximum absolute atomic E-state index is 13.8. The number of nitrogens with zero attached hydrogens (tertiary/aromatic N) is 5. The van der Waals surface area contributed by atoms with Crippen LogP contribution in [0.1, 0.15) is 18.5 Å². The largest absolute Gasteiger partial charge is 0.351 e. The molecule has 5 rings (SSSR count). The van der Waals surface area contributed by atoms with Gasteiger partial charge in [0.15, 0.2) is 0 Å². The Morgan fingerprint density at radius 1 is 1.09 bits per heavy atom. The molecule has 8 heteroatoms. The molecular weight excluding hydrogens is 436 g/mol. The first-order valence-corrected chi connectivity index (χ1v) is 10.9. The highest BCUT2D eigenvalue weighted by Gasteiger charge is 2.26. The minimum absolute atomic E-state index is 0.0989. The monoisotopic (exact) mass is 456 g/mol. The fraction of sp³-hybridized carbons (Fsp3) is 0.120. The van der Waals surface area contributed by atoms with Crippen LogP contribution in [0.2, 0.25) is 5.02 Å². The second-order valence-electron chi connectivity index (χ2n) is 7.75. The van der Waals surface area contributed by atoms with Crippen molar-refractivity contribution in [1.82, 2.24) is 25.0 Å². The zero-order valence-corrected chi connectivity index (χ0v) is 18.6. The van der Waals surface area contributed by atoms with Crippen LogP contribution in [-0.2, 0) is 11.3 Å². The Bertz CT molecular complexity index is 1390. The van der Waals surface area contributed by atoms with Gasteiger partial charge in [0, 0.05) is 22.5 Å². The zero-order valence-electron chi connectivity index (χ0n) is 17.9. The van der Waals surface area contributed by atoms with E-state index in [1.807, 2.05) is 85.9 Å². The standard InChI is InChI=1S/C25H21ClN6O/c1-17(32-24-8-3-2-7-22(24)29-30-32)25(33)31(15-18-5-4-6-20(26)13-18)21-11-9-19(10-12-21)23-14-27-16-28-23/h2-14,16-17H,15H2,1H3,(H,27,28). The second kappa shape index (κ2) is 8.88. The van der Waals surface area contributed by atoms with Gasteiger partial charge in [-0.25, -0.2) is 9.67 Å². The van der Waals surface area contributed by atoms with Crippen LogP contribution >= 0.6 is 11.6 Å². The van der Waals surface area contributed by atoms with Crippen LogP contribution in [0.4, 0.5) is 5.69 Å². The molecule has 2 aromatic heterocycles. The molecule has 0 spiro atoms. The molecule has 0 aliphatic rings. The van der Waals surface area contributed by atoms with E-state index in [0.29, 0.717) is 11.6 Å². The molecule has 0 fully saturated rings. The van der Waals surface area contributed by atoms with E-state index in [-0.39, 0.29) is 5.91 Å². The molecule has 1 unspecified atom stereocenters. The van der Waals surface area contributed by atoms with Crippen molar-refractivity contribution in [2.24, 2.45) is 0 Å². The number of imidazole rings is 1. The van der Waals surface area contributed by atoms with E-state index >= 15 is 0 Å². The van der Waals surface area contributed by atoms with Gasteiger partial charge >= 0.3 is 0 Å². The summed E-state index contributed by atoms with van der Waals surface area (Å²) in [6.07, 6.45) is 3.48. The van der Waals surface area contributed by atoms with Crippen molar-refractivity contribution >= 4 is 34.2 Å². The van der Waals surface area contributed by atoms with E-state index in [4.69, 9.17) is 11.6 Å². The zero-order chi connectivity index (χ0) is 22.8. The number of benzene rings is 3. The lowest BCUT2D eigenvalue weighted by atomic mass is 10.1. The number of amides is 1. The lowest BCUT2D eigenvalue weighted by molar-refractivity contribution is -0.121. The van der Waals surface area contributed by atoms with Crippen molar-refractivity contribution < 1.29 is 4.79 Å². The lowest BCUT2D eigenvalue weighted by Crippen LogP contribution is -2.36. The number of carbonyl (C=O) groups is 1. The summed E-state index contributed by atoms with van der Waals surface area (Å²) in [6.45, 7) is 2.21. The molecule has 5 aromatic rings. The van der Waals surface area contributed by atoms with Gasteiger partial charge in [-0.1, -0.05) is 53.2 Å². The normalized spacial score (nSPS) is 12.1. The van der Waals surface area contributed by atoms with Gasteiger partial charge in [-0.3, -0.25) is 4.79 Å². The molecule has 0 radical (unpaired) electrons. The van der Waals surface area contributed by atoms with Crippen molar-refractivity contribution in [3.05, 3.63) is 95.9 Å². The summed E-state index contributed by atoms with van der Waals surface area (Å²) in [4.78, 5) is 22.8. The molecule has 0 bridgehead atoms. The first-order valence-electron chi connectivity index (χ1n) is 10.5. The molecular formula is C25H21ClN6O. The molecule has 164 valence electrons. The molecule has 3 aromatic carbocycles. The number of anilines is 1. The number of fused-ring (bicyclic) bond motifs is 1. The van der Waals surface area contributed by atoms with Gasteiger partial charge in [0.2, 0.25) is 0 Å². The van der Waals surface area contributed by atoms with Crippen LogP contribution in [-0.4, -0.2) is 30.9 Å². The molecule has 0 aliphatic heterocycles. The number of nitrogens with one attached hydrogen (secondary N) is 1. The van der Waals surface area contributed by atoms with E-state index in [9.17, 15) is 4.79 Å². The van der Waals surface area contributed by atoms with E-state index in [0.717, 1.165) is 33.5 Å². The molecule has 1 N–H and O–H groups in total. The fourth-order valence-corrected chi connectivity index (χ4v) is 4.06. The average molecular weight is 457 g/mol. The van der Waals surface area contributed by atoms with Gasteiger partial charge in [-0.15, -0.1) is 5.10 Å². The molecule has 0 saturated heterocycles. The predicted molar refractivity (Wildman–Crippen MR) is 129 cm³/mol. The number of halogens is 1.